The van der Waals surface area contributed by atoms with Crippen LogP contribution in [0.2, 0.25) is 0 Å². The molecule has 0 spiro atoms. The average Bonchev–Trinajstić information content (AvgIpc) is 2.25. The molecular formula is C13H30N2O. The van der Waals surface area contributed by atoms with E-state index in [1.165, 1.54) is 12.8 Å². The van der Waals surface area contributed by atoms with Gasteiger partial charge in [-0.05, 0) is 19.9 Å². The molecule has 0 bridgehead atoms. The third-order valence-electron chi connectivity index (χ3n) is 3.22. The monoisotopic (exact) mass is 230 g/mol. The Morgan fingerprint density at radius 1 is 1.12 bits per heavy atom. The van der Waals surface area contributed by atoms with Crippen LogP contribution in [0.25, 0.3) is 0 Å². The SMILES string of the molecule is CCC(CC)N(C)C(CNC(C)C)COC. The topological polar surface area (TPSA) is 24.5 Å². The van der Waals surface area contributed by atoms with E-state index in [2.05, 4.69) is 45.0 Å². The zero-order chi connectivity index (χ0) is 12.6. The van der Waals surface area contributed by atoms with Gasteiger partial charge in [-0.3, -0.25) is 4.90 Å². The third kappa shape index (κ3) is 5.83. The van der Waals surface area contributed by atoms with E-state index in [0.717, 1.165) is 13.2 Å². The Balaban J connectivity index is 4.25. The van der Waals surface area contributed by atoms with Crippen LogP contribution in [0, 0.1) is 0 Å². The standard InChI is InChI=1S/C13H30N2O/c1-7-12(8-2)15(5)13(10-16-6)9-14-11(3)4/h11-14H,7-10H2,1-6H3. The molecule has 0 rings (SSSR count). The second-order valence-corrected chi connectivity index (χ2v) is 4.81. The molecule has 0 radical (unpaired) electrons. The van der Waals surface area contributed by atoms with Crippen molar-refractivity contribution in [1.82, 2.24) is 10.2 Å². The van der Waals surface area contributed by atoms with Crippen LogP contribution >= 0.6 is 0 Å². The van der Waals surface area contributed by atoms with Crippen molar-refractivity contribution in [1.29, 1.82) is 0 Å². The number of nitrogens with one attached hydrogen (secondary N) is 1. The molecule has 0 heterocycles. The molecule has 1 unspecified atom stereocenters. The lowest BCUT2D eigenvalue weighted by atomic mass is 10.1. The van der Waals surface area contributed by atoms with E-state index in [9.17, 15) is 0 Å². The van der Waals surface area contributed by atoms with Crippen LogP contribution in [0.1, 0.15) is 40.5 Å². The molecule has 3 nitrogen and oxygen atoms in total. The summed E-state index contributed by atoms with van der Waals surface area (Å²) in [6.45, 7) is 10.7. The first kappa shape index (κ1) is 15.9. The van der Waals surface area contributed by atoms with Gasteiger partial charge in [0, 0.05) is 31.8 Å². The first-order valence-corrected chi connectivity index (χ1v) is 6.50. The third-order valence-corrected chi connectivity index (χ3v) is 3.22. The van der Waals surface area contributed by atoms with Crippen molar-refractivity contribution in [2.75, 3.05) is 27.3 Å². The molecule has 3 heteroatoms. The smallest absolute Gasteiger partial charge is 0.0630 e. The summed E-state index contributed by atoms with van der Waals surface area (Å²) < 4.78 is 5.31. The van der Waals surface area contributed by atoms with Gasteiger partial charge >= 0.3 is 0 Å². The van der Waals surface area contributed by atoms with Gasteiger partial charge in [-0.25, -0.2) is 0 Å². The van der Waals surface area contributed by atoms with Crippen LogP contribution in [0.4, 0.5) is 0 Å². The van der Waals surface area contributed by atoms with Gasteiger partial charge in [-0.15, -0.1) is 0 Å². The fraction of sp³-hybridized carbons (Fsp3) is 1.00. The number of likely N-dealkylation sites (N-methyl/N-ethyl adjacent to an activating group) is 1. The van der Waals surface area contributed by atoms with Crippen molar-refractivity contribution >= 4 is 0 Å². The fourth-order valence-electron chi connectivity index (χ4n) is 2.05. The van der Waals surface area contributed by atoms with E-state index in [4.69, 9.17) is 4.74 Å². The highest BCUT2D eigenvalue weighted by Gasteiger charge is 2.20. The summed E-state index contributed by atoms with van der Waals surface area (Å²) in [7, 11) is 3.99. The predicted octanol–water partition coefficient (Wildman–Crippen LogP) is 2.12. The quantitative estimate of drug-likeness (QED) is 0.656. The zero-order valence-corrected chi connectivity index (χ0v) is 11.9. The molecule has 0 aliphatic heterocycles. The normalized spacial score (nSPS) is 14.1. The largest absolute Gasteiger partial charge is 0.383 e. The van der Waals surface area contributed by atoms with Crippen molar-refractivity contribution < 1.29 is 4.74 Å². The molecule has 0 aromatic heterocycles. The minimum atomic E-state index is 0.470. The van der Waals surface area contributed by atoms with Gasteiger partial charge in [0.25, 0.3) is 0 Å². The van der Waals surface area contributed by atoms with E-state index in [1.54, 1.807) is 7.11 Å². The van der Waals surface area contributed by atoms with Crippen LogP contribution in [0.15, 0.2) is 0 Å². The van der Waals surface area contributed by atoms with Crippen LogP contribution in [0.5, 0.6) is 0 Å². The summed E-state index contributed by atoms with van der Waals surface area (Å²) >= 11 is 0. The minimum Gasteiger partial charge on any atom is -0.383 e. The maximum absolute atomic E-state index is 5.31. The minimum absolute atomic E-state index is 0.470. The molecule has 0 aliphatic carbocycles. The summed E-state index contributed by atoms with van der Waals surface area (Å²) in [4.78, 5) is 2.46. The number of hydrogen-bond acceptors (Lipinski definition) is 3. The van der Waals surface area contributed by atoms with Gasteiger partial charge in [-0.2, -0.15) is 0 Å². The van der Waals surface area contributed by atoms with Crippen molar-refractivity contribution in [3.63, 3.8) is 0 Å². The van der Waals surface area contributed by atoms with Crippen molar-refractivity contribution in [2.45, 2.75) is 58.7 Å². The highest BCUT2D eigenvalue weighted by atomic mass is 16.5. The maximum Gasteiger partial charge on any atom is 0.0630 e. The molecule has 1 N–H and O–H groups in total. The summed E-state index contributed by atoms with van der Waals surface area (Å²) in [6.07, 6.45) is 2.41. The number of hydrogen-bond donors (Lipinski definition) is 1. The Kier molecular flexibility index (Phi) is 8.90. The fourth-order valence-corrected chi connectivity index (χ4v) is 2.05. The van der Waals surface area contributed by atoms with E-state index in [0.29, 0.717) is 18.1 Å². The van der Waals surface area contributed by atoms with Crippen molar-refractivity contribution in [3.8, 4) is 0 Å². The molecule has 0 aromatic rings. The molecule has 0 saturated heterocycles. The average molecular weight is 230 g/mol. The molecule has 0 fully saturated rings. The summed E-state index contributed by atoms with van der Waals surface area (Å²) in [5.41, 5.74) is 0. The lowest BCUT2D eigenvalue weighted by Gasteiger charge is -2.34. The zero-order valence-electron chi connectivity index (χ0n) is 11.9. The Morgan fingerprint density at radius 2 is 1.69 bits per heavy atom. The molecule has 0 amide bonds. The Labute approximate surface area is 102 Å². The van der Waals surface area contributed by atoms with Crippen LogP contribution in [-0.2, 0) is 4.74 Å². The van der Waals surface area contributed by atoms with Gasteiger partial charge in [-0.1, -0.05) is 27.7 Å². The van der Waals surface area contributed by atoms with E-state index < -0.39 is 0 Å². The number of methoxy groups -OCH3 is 1. The van der Waals surface area contributed by atoms with Crippen molar-refractivity contribution in [2.24, 2.45) is 0 Å². The Hall–Kier alpha value is -0.120. The lowest BCUT2D eigenvalue weighted by Crippen LogP contribution is -2.48. The summed E-state index contributed by atoms with van der Waals surface area (Å²) in [5, 5.41) is 3.49. The predicted molar refractivity (Wildman–Crippen MR) is 70.9 cm³/mol. The molecular weight excluding hydrogens is 200 g/mol. The van der Waals surface area contributed by atoms with Gasteiger partial charge in [0.2, 0.25) is 0 Å². The second kappa shape index (κ2) is 8.97. The van der Waals surface area contributed by atoms with E-state index in [-0.39, 0.29) is 0 Å². The molecule has 0 aromatic carbocycles. The summed E-state index contributed by atoms with van der Waals surface area (Å²) in [6, 6.07) is 1.67. The first-order chi connectivity index (χ1) is 7.56. The Morgan fingerprint density at radius 3 is 2.06 bits per heavy atom. The molecule has 16 heavy (non-hydrogen) atoms. The number of rotatable bonds is 9. The van der Waals surface area contributed by atoms with Gasteiger partial charge < -0.3 is 10.1 Å². The maximum atomic E-state index is 5.31. The Bertz CT molecular complexity index is 158. The van der Waals surface area contributed by atoms with E-state index in [1.807, 2.05) is 0 Å². The second-order valence-electron chi connectivity index (χ2n) is 4.81. The lowest BCUT2D eigenvalue weighted by molar-refractivity contribution is 0.0753. The molecule has 98 valence electrons. The van der Waals surface area contributed by atoms with Crippen LogP contribution < -0.4 is 5.32 Å². The van der Waals surface area contributed by atoms with Gasteiger partial charge in [0.1, 0.15) is 0 Å². The van der Waals surface area contributed by atoms with Crippen LogP contribution in [-0.4, -0.2) is 50.3 Å². The molecule has 1 atom stereocenters. The van der Waals surface area contributed by atoms with Gasteiger partial charge in [0.15, 0.2) is 0 Å². The highest BCUT2D eigenvalue weighted by molar-refractivity contribution is 4.77. The summed E-state index contributed by atoms with van der Waals surface area (Å²) in [5.74, 6) is 0. The number of ether oxygens (including phenoxy) is 1. The molecule has 0 saturated carbocycles. The van der Waals surface area contributed by atoms with Crippen molar-refractivity contribution in [3.05, 3.63) is 0 Å². The van der Waals surface area contributed by atoms with Crippen LogP contribution in [0.3, 0.4) is 0 Å². The molecule has 0 aliphatic rings. The first-order valence-electron chi connectivity index (χ1n) is 6.50. The highest BCUT2D eigenvalue weighted by Crippen LogP contribution is 2.10. The van der Waals surface area contributed by atoms with Gasteiger partial charge in [0.05, 0.1) is 6.61 Å². The van der Waals surface area contributed by atoms with E-state index >= 15 is 0 Å². The number of nitrogens with zero attached hydrogens (tertiary/aromatic N) is 1.